The second-order valence-electron chi connectivity index (χ2n) is 9.67. The maximum absolute atomic E-state index is 13.1. The number of nitrogens with zero attached hydrogens (tertiary/aromatic N) is 4. The van der Waals surface area contributed by atoms with Crippen molar-refractivity contribution in [2.45, 2.75) is 19.4 Å². The molecule has 0 unspecified atom stereocenters. The zero-order chi connectivity index (χ0) is 26.8. The molecule has 1 aliphatic heterocycles. The molecule has 2 N–H and O–H groups in total. The van der Waals surface area contributed by atoms with E-state index in [-0.39, 0.29) is 23.2 Å². The number of nitrogens with one attached hydrogen (secondary N) is 2. The molecule has 11 heteroatoms. The van der Waals surface area contributed by atoms with Crippen LogP contribution in [0, 0.1) is 5.92 Å². The summed E-state index contributed by atoms with van der Waals surface area (Å²) >= 11 is 12.2. The summed E-state index contributed by atoms with van der Waals surface area (Å²) in [5.41, 5.74) is 2.14. The van der Waals surface area contributed by atoms with Gasteiger partial charge >= 0.3 is 0 Å². The van der Waals surface area contributed by atoms with Gasteiger partial charge < -0.3 is 15.5 Å². The van der Waals surface area contributed by atoms with Crippen molar-refractivity contribution in [1.82, 2.24) is 19.6 Å². The lowest BCUT2D eigenvalue weighted by Crippen LogP contribution is -2.48. The van der Waals surface area contributed by atoms with Gasteiger partial charge in [0.25, 0.3) is 11.8 Å². The molecule has 2 aromatic carbocycles. The van der Waals surface area contributed by atoms with Gasteiger partial charge in [-0.25, -0.2) is 0 Å². The summed E-state index contributed by atoms with van der Waals surface area (Å²) in [4.78, 5) is 42.6. The molecule has 198 valence electrons. The van der Waals surface area contributed by atoms with Gasteiger partial charge in [-0.2, -0.15) is 5.10 Å². The minimum absolute atomic E-state index is 0.0478. The Morgan fingerprint density at radius 1 is 0.947 bits per heavy atom. The number of hydrogen-bond donors (Lipinski definition) is 2. The fourth-order valence-corrected chi connectivity index (χ4v) is 4.84. The molecule has 3 aromatic rings. The van der Waals surface area contributed by atoms with Crippen LogP contribution in [0.3, 0.4) is 0 Å². The highest BCUT2D eigenvalue weighted by Crippen LogP contribution is 2.31. The average molecular weight is 555 g/mol. The monoisotopic (exact) mass is 554 g/mol. The molecule has 2 heterocycles. The number of amides is 3. The summed E-state index contributed by atoms with van der Waals surface area (Å²) in [6, 6.07) is 12.1. The number of carbonyl (C=O) groups excluding carboxylic acids is 3. The van der Waals surface area contributed by atoms with Crippen LogP contribution < -0.4 is 10.6 Å². The number of anilines is 2. The number of aromatic nitrogens is 2. The van der Waals surface area contributed by atoms with Crippen LogP contribution in [-0.4, -0.2) is 63.5 Å². The second-order valence-corrected chi connectivity index (χ2v) is 10.5. The predicted octanol–water partition coefficient (Wildman–Crippen LogP) is 4.29. The molecule has 0 atom stereocenters. The van der Waals surface area contributed by atoms with Crippen molar-refractivity contribution in [3.05, 3.63) is 75.5 Å². The van der Waals surface area contributed by atoms with Gasteiger partial charge in [-0.15, -0.1) is 0 Å². The molecular formula is C27H28Cl2N6O3. The van der Waals surface area contributed by atoms with Gasteiger partial charge in [-0.3, -0.25) is 24.0 Å². The minimum Gasteiger partial charge on any atom is -0.340 e. The summed E-state index contributed by atoms with van der Waals surface area (Å²) in [5, 5.41) is 10.5. The predicted molar refractivity (Wildman–Crippen MR) is 147 cm³/mol. The van der Waals surface area contributed by atoms with E-state index < -0.39 is 5.91 Å². The molecule has 9 nitrogen and oxygen atoms in total. The zero-order valence-corrected chi connectivity index (χ0v) is 22.4. The SMILES string of the molecule is Cn1cc(NC(=O)c2cccc(CN3CCN(C(=O)C4CC4)CC3)c2)c(C(=O)Nc2cc(Cl)ccc2Cl)n1. The maximum atomic E-state index is 13.1. The van der Waals surface area contributed by atoms with Crippen LogP contribution in [0.1, 0.15) is 39.3 Å². The Hall–Kier alpha value is -3.40. The molecule has 0 spiro atoms. The number of carbonyl (C=O) groups is 3. The first-order valence-corrected chi connectivity index (χ1v) is 13.2. The highest BCUT2D eigenvalue weighted by molar-refractivity contribution is 6.36. The van der Waals surface area contributed by atoms with E-state index in [2.05, 4.69) is 20.6 Å². The van der Waals surface area contributed by atoms with Crippen LogP contribution >= 0.6 is 23.2 Å². The third-order valence-electron chi connectivity index (χ3n) is 6.67. The van der Waals surface area contributed by atoms with Crippen molar-refractivity contribution < 1.29 is 14.4 Å². The highest BCUT2D eigenvalue weighted by atomic mass is 35.5. The molecular weight excluding hydrogens is 527 g/mol. The molecule has 2 aliphatic rings. The third kappa shape index (κ3) is 6.18. The van der Waals surface area contributed by atoms with E-state index in [0.29, 0.717) is 33.7 Å². The number of rotatable bonds is 7. The fourth-order valence-electron chi connectivity index (χ4n) is 4.50. The molecule has 1 aromatic heterocycles. The lowest BCUT2D eigenvalue weighted by molar-refractivity contribution is -0.134. The standard InChI is InChI=1S/C27H28Cl2N6O3/c1-33-16-23(24(32-33)26(37)30-22-14-20(28)7-8-21(22)29)31-25(36)19-4-2-3-17(13-19)15-34-9-11-35(12-10-34)27(38)18-5-6-18/h2-4,7-8,13-14,16,18H,5-6,9-12,15H2,1H3,(H,30,37)(H,31,36). The molecule has 1 saturated carbocycles. The van der Waals surface area contributed by atoms with Gasteiger partial charge in [0.15, 0.2) is 5.69 Å². The van der Waals surface area contributed by atoms with Gasteiger partial charge in [0.2, 0.25) is 5.91 Å². The fraction of sp³-hybridized carbons (Fsp3) is 0.333. The number of benzene rings is 2. The van der Waals surface area contributed by atoms with Crippen LogP contribution in [-0.2, 0) is 18.4 Å². The molecule has 38 heavy (non-hydrogen) atoms. The minimum atomic E-state index is -0.530. The Bertz CT molecular complexity index is 1380. The summed E-state index contributed by atoms with van der Waals surface area (Å²) in [6.07, 6.45) is 3.61. The van der Waals surface area contributed by atoms with Gasteiger partial charge in [0.05, 0.1) is 16.4 Å². The van der Waals surface area contributed by atoms with E-state index in [0.717, 1.165) is 44.6 Å². The third-order valence-corrected chi connectivity index (χ3v) is 7.24. The van der Waals surface area contributed by atoms with Crippen LogP contribution in [0.15, 0.2) is 48.7 Å². The Kier molecular flexibility index (Phi) is 7.69. The van der Waals surface area contributed by atoms with E-state index in [1.807, 2.05) is 23.1 Å². The van der Waals surface area contributed by atoms with Gasteiger partial charge in [-0.05, 0) is 48.7 Å². The van der Waals surface area contributed by atoms with E-state index in [9.17, 15) is 14.4 Å². The average Bonchev–Trinajstić information content (AvgIpc) is 3.69. The first-order chi connectivity index (χ1) is 18.3. The van der Waals surface area contributed by atoms with Crippen LogP contribution in [0.5, 0.6) is 0 Å². The maximum Gasteiger partial charge on any atom is 0.278 e. The van der Waals surface area contributed by atoms with E-state index in [1.54, 1.807) is 37.5 Å². The normalized spacial score (nSPS) is 15.8. The molecule has 0 radical (unpaired) electrons. The highest BCUT2D eigenvalue weighted by Gasteiger charge is 2.34. The quantitative estimate of drug-likeness (QED) is 0.454. The van der Waals surface area contributed by atoms with E-state index in [1.165, 1.54) is 4.68 Å². The van der Waals surface area contributed by atoms with Crippen molar-refractivity contribution >= 4 is 52.3 Å². The van der Waals surface area contributed by atoms with Gasteiger partial charge in [0.1, 0.15) is 0 Å². The van der Waals surface area contributed by atoms with Gasteiger partial charge in [-0.1, -0.05) is 35.3 Å². The van der Waals surface area contributed by atoms with Crippen molar-refractivity contribution in [2.24, 2.45) is 13.0 Å². The molecule has 2 fully saturated rings. The molecule has 3 amide bonds. The summed E-state index contributed by atoms with van der Waals surface area (Å²) in [6.45, 7) is 3.77. The molecule has 1 aliphatic carbocycles. The Morgan fingerprint density at radius 3 is 2.42 bits per heavy atom. The Morgan fingerprint density at radius 2 is 1.68 bits per heavy atom. The zero-order valence-electron chi connectivity index (χ0n) is 20.9. The largest absolute Gasteiger partial charge is 0.340 e. The summed E-state index contributed by atoms with van der Waals surface area (Å²) in [5.74, 6) is -0.340. The van der Waals surface area contributed by atoms with Crippen molar-refractivity contribution in [1.29, 1.82) is 0 Å². The van der Waals surface area contributed by atoms with Crippen LogP contribution in [0.25, 0.3) is 0 Å². The lowest BCUT2D eigenvalue weighted by atomic mass is 10.1. The molecule has 5 rings (SSSR count). The lowest BCUT2D eigenvalue weighted by Gasteiger charge is -2.35. The Balaban J connectivity index is 1.22. The van der Waals surface area contributed by atoms with Crippen molar-refractivity contribution in [3.8, 4) is 0 Å². The van der Waals surface area contributed by atoms with Crippen molar-refractivity contribution in [3.63, 3.8) is 0 Å². The summed E-state index contributed by atoms with van der Waals surface area (Å²) < 4.78 is 1.45. The number of hydrogen-bond acceptors (Lipinski definition) is 5. The van der Waals surface area contributed by atoms with E-state index in [4.69, 9.17) is 23.2 Å². The number of piperazine rings is 1. The van der Waals surface area contributed by atoms with E-state index >= 15 is 0 Å². The summed E-state index contributed by atoms with van der Waals surface area (Å²) in [7, 11) is 1.66. The number of aryl methyl sites for hydroxylation is 1. The second kappa shape index (κ2) is 11.1. The Labute approximate surface area is 230 Å². The molecule has 0 bridgehead atoms. The van der Waals surface area contributed by atoms with Gasteiger partial charge in [0, 0.05) is 62.5 Å². The van der Waals surface area contributed by atoms with Crippen molar-refractivity contribution in [2.75, 3.05) is 36.8 Å². The smallest absolute Gasteiger partial charge is 0.278 e. The first kappa shape index (κ1) is 26.2. The van der Waals surface area contributed by atoms with Crippen LogP contribution in [0.2, 0.25) is 10.0 Å². The first-order valence-electron chi connectivity index (χ1n) is 12.5. The number of halogens is 2. The molecule has 1 saturated heterocycles. The topological polar surface area (TPSA) is 99.6 Å². The van der Waals surface area contributed by atoms with Crippen LogP contribution in [0.4, 0.5) is 11.4 Å².